The highest BCUT2D eigenvalue weighted by Gasteiger charge is 2.32. The minimum absolute atomic E-state index is 0.131. The second-order valence-corrected chi connectivity index (χ2v) is 3.77. The molecule has 0 saturated carbocycles. The van der Waals surface area contributed by atoms with E-state index in [9.17, 15) is 4.79 Å². The van der Waals surface area contributed by atoms with Gasteiger partial charge in [-0.15, -0.1) is 0 Å². The van der Waals surface area contributed by atoms with E-state index >= 15 is 0 Å². The maximum Gasteiger partial charge on any atom is 0.451 e. The molecule has 1 saturated heterocycles. The Morgan fingerprint density at radius 1 is 1.44 bits per heavy atom. The molecule has 6 N–H and O–H groups in total. The quantitative estimate of drug-likeness (QED) is 0.377. The van der Waals surface area contributed by atoms with E-state index in [-0.39, 0.29) is 11.8 Å². The van der Waals surface area contributed by atoms with Gasteiger partial charge in [0.1, 0.15) is 0 Å². The van der Waals surface area contributed by atoms with E-state index in [0.717, 1.165) is 13.0 Å². The number of rotatable bonds is 5. The summed E-state index contributed by atoms with van der Waals surface area (Å²) in [6, 6.07) is 0. The molecule has 0 spiro atoms. The lowest BCUT2D eigenvalue weighted by molar-refractivity contribution is -0.142. The van der Waals surface area contributed by atoms with Crippen LogP contribution in [-0.4, -0.2) is 48.4 Å². The van der Waals surface area contributed by atoms with Crippen LogP contribution in [0.3, 0.4) is 0 Å². The molecule has 1 aliphatic heterocycles. The SMILES string of the molecule is CN.O=C(O)C1CNCC1CCCB(O)O. The molecule has 1 aliphatic rings. The second kappa shape index (κ2) is 8.52. The van der Waals surface area contributed by atoms with Gasteiger partial charge in [0.05, 0.1) is 5.92 Å². The zero-order chi connectivity index (χ0) is 12.6. The van der Waals surface area contributed by atoms with Gasteiger partial charge in [0.25, 0.3) is 0 Å². The molecule has 0 aliphatic carbocycles. The van der Waals surface area contributed by atoms with Gasteiger partial charge in [0.15, 0.2) is 0 Å². The fourth-order valence-electron chi connectivity index (χ4n) is 1.89. The first kappa shape index (κ1) is 15.4. The summed E-state index contributed by atoms with van der Waals surface area (Å²) in [5.74, 6) is -0.943. The van der Waals surface area contributed by atoms with Crippen LogP contribution in [0.5, 0.6) is 0 Å². The number of nitrogens with one attached hydrogen (secondary N) is 1. The minimum atomic E-state index is -1.27. The van der Waals surface area contributed by atoms with E-state index in [1.54, 1.807) is 0 Å². The van der Waals surface area contributed by atoms with Crippen LogP contribution in [-0.2, 0) is 4.79 Å². The molecule has 6 nitrogen and oxygen atoms in total. The summed E-state index contributed by atoms with van der Waals surface area (Å²) in [4.78, 5) is 10.8. The van der Waals surface area contributed by atoms with Gasteiger partial charge >= 0.3 is 13.1 Å². The van der Waals surface area contributed by atoms with Gasteiger partial charge < -0.3 is 26.2 Å². The van der Waals surface area contributed by atoms with Gasteiger partial charge in [-0.3, -0.25) is 4.79 Å². The number of carboxylic acid groups (broad SMARTS) is 1. The number of nitrogens with two attached hydrogens (primary N) is 1. The molecule has 0 aromatic rings. The Morgan fingerprint density at radius 3 is 2.56 bits per heavy atom. The molecule has 1 fully saturated rings. The van der Waals surface area contributed by atoms with Crippen LogP contribution >= 0.6 is 0 Å². The lowest BCUT2D eigenvalue weighted by atomic mass is 9.80. The first-order chi connectivity index (χ1) is 7.61. The number of carboxylic acids is 1. The molecule has 0 aromatic carbocycles. The molecule has 1 rings (SSSR count). The van der Waals surface area contributed by atoms with Crippen LogP contribution in [0, 0.1) is 11.8 Å². The highest BCUT2D eigenvalue weighted by molar-refractivity contribution is 6.40. The standard InChI is InChI=1S/C8H16BNO4.CH5N/c11-8(12)7-5-10-4-6(7)2-1-3-9(13)14;1-2/h6-7,10,13-14H,1-5H2,(H,11,12);2H2,1H3. The van der Waals surface area contributed by atoms with Crippen LogP contribution in [0.15, 0.2) is 0 Å². The number of hydrogen-bond donors (Lipinski definition) is 5. The van der Waals surface area contributed by atoms with E-state index < -0.39 is 13.1 Å². The highest BCUT2D eigenvalue weighted by Crippen LogP contribution is 2.22. The fraction of sp³-hybridized carbons (Fsp3) is 0.889. The Hall–Kier alpha value is -0.625. The van der Waals surface area contributed by atoms with Crippen LogP contribution in [0.4, 0.5) is 0 Å². The van der Waals surface area contributed by atoms with Crippen LogP contribution in [0.25, 0.3) is 0 Å². The van der Waals surface area contributed by atoms with Crippen LogP contribution in [0.1, 0.15) is 12.8 Å². The van der Waals surface area contributed by atoms with Crippen LogP contribution < -0.4 is 11.1 Å². The Labute approximate surface area is 96.0 Å². The van der Waals surface area contributed by atoms with E-state index in [4.69, 9.17) is 15.2 Å². The largest absolute Gasteiger partial charge is 0.481 e. The molecule has 2 atom stereocenters. The first-order valence-electron chi connectivity index (χ1n) is 5.48. The monoisotopic (exact) mass is 232 g/mol. The van der Waals surface area contributed by atoms with Crippen molar-refractivity contribution < 1.29 is 19.9 Å². The Balaban J connectivity index is 0.00000106. The topological polar surface area (TPSA) is 116 Å². The van der Waals surface area contributed by atoms with Gasteiger partial charge in [-0.2, -0.15) is 0 Å². The average molecular weight is 232 g/mol. The summed E-state index contributed by atoms with van der Waals surface area (Å²) in [5.41, 5.74) is 4.50. The van der Waals surface area contributed by atoms with Crippen molar-refractivity contribution >= 4 is 13.1 Å². The molecule has 2 unspecified atom stereocenters. The van der Waals surface area contributed by atoms with Gasteiger partial charge in [0, 0.05) is 6.54 Å². The minimum Gasteiger partial charge on any atom is -0.481 e. The van der Waals surface area contributed by atoms with E-state index in [1.165, 1.54) is 7.05 Å². The summed E-state index contributed by atoms with van der Waals surface area (Å²) in [6.07, 6.45) is 1.72. The Morgan fingerprint density at radius 2 is 2.06 bits per heavy atom. The summed E-state index contributed by atoms with van der Waals surface area (Å²) in [6.45, 7) is 1.25. The number of carbonyl (C=O) groups is 1. The third-order valence-electron chi connectivity index (χ3n) is 2.69. The third kappa shape index (κ3) is 5.46. The predicted octanol–water partition coefficient (Wildman–Crippen LogP) is -1.27. The number of aliphatic carboxylic acids is 1. The van der Waals surface area contributed by atoms with Crippen molar-refractivity contribution in [3.05, 3.63) is 0 Å². The molecule has 94 valence electrons. The molecule has 1 heterocycles. The molecule has 0 radical (unpaired) electrons. The molecule has 0 amide bonds. The lowest BCUT2D eigenvalue weighted by Crippen LogP contribution is -2.22. The zero-order valence-corrected chi connectivity index (χ0v) is 9.59. The molecule has 16 heavy (non-hydrogen) atoms. The van der Waals surface area contributed by atoms with E-state index in [1.807, 2.05) is 0 Å². The summed E-state index contributed by atoms with van der Waals surface area (Å²) in [5, 5.41) is 29.1. The lowest BCUT2D eigenvalue weighted by Gasteiger charge is -2.13. The van der Waals surface area contributed by atoms with Gasteiger partial charge in [-0.25, -0.2) is 0 Å². The maximum absolute atomic E-state index is 10.8. The van der Waals surface area contributed by atoms with Gasteiger partial charge in [-0.05, 0) is 32.3 Å². The van der Waals surface area contributed by atoms with Crippen molar-refractivity contribution in [3.63, 3.8) is 0 Å². The number of hydrogen-bond acceptors (Lipinski definition) is 5. The third-order valence-corrected chi connectivity index (χ3v) is 2.69. The first-order valence-corrected chi connectivity index (χ1v) is 5.48. The second-order valence-electron chi connectivity index (χ2n) is 3.77. The van der Waals surface area contributed by atoms with Gasteiger partial charge in [-0.1, -0.05) is 6.42 Å². The summed E-state index contributed by atoms with van der Waals surface area (Å²) >= 11 is 0. The smallest absolute Gasteiger partial charge is 0.451 e. The predicted molar refractivity (Wildman–Crippen MR) is 61.8 cm³/mol. The fourth-order valence-corrected chi connectivity index (χ4v) is 1.89. The van der Waals surface area contributed by atoms with Crippen molar-refractivity contribution in [2.45, 2.75) is 19.2 Å². The van der Waals surface area contributed by atoms with Crippen LogP contribution in [0.2, 0.25) is 6.32 Å². The van der Waals surface area contributed by atoms with Crippen molar-refractivity contribution in [1.82, 2.24) is 5.32 Å². The van der Waals surface area contributed by atoms with Crippen molar-refractivity contribution in [3.8, 4) is 0 Å². The normalized spacial score (nSPS) is 23.5. The molecular formula is C9H21BN2O4. The van der Waals surface area contributed by atoms with Crippen molar-refractivity contribution in [2.75, 3.05) is 20.1 Å². The van der Waals surface area contributed by atoms with Crippen molar-refractivity contribution in [1.29, 1.82) is 0 Å². The summed E-state index contributed by atoms with van der Waals surface area (Å²) < 4.78 is 0. The zero-order valence-electron chi connectivity index (χ0n) is 9.59. The maximum atomic E-state index is 10.8. The molecular weight excluding hydrogens is 211 g/mol. The summed E-state index contributed by atoms with van der Waals surface area (Å²) in [7, 11) is 0.229. The molecule has 7 heteroatoms. The highest BCUT2D eigenvalue weighted by atomic mass is 16.4. The Kier molecular flexibility index (Phi) is 8.19. The van der Waals surface area contributed by atoms with E-state index in [2.05, 4.69) is 11.1 Å². The van der Waals surface area contributed by atoms with Gasteiger partial charge in [0.2, 0.25) is 0 Å². The molecule has 0 aromatic heterocycles. The van der Waals surface area contributed by atoms with Crippen molar-refractivity contribution in [2.24, 2.45) is 17.6 Å². The van der Waals surface area contributed by atoms with E-state index in [0.29, 0.717) is 19.3 Å². The Bertz CT molecular complexity index is 204. The average Bonchev–Trinajstić information content (AvgIpc) is 2.68. The molecule has 0 bridgehead atoms.